The highest BCUT2D eigenvalue weighted by Gasteiger charge is 2.20. The number of carbonyl (C=O) groups excluding carboxylic acids is 2. The highest BCUT2D eigenvalue weighted by Crippen LogP contribution is 2.12. The third kappa shape index (κ3) is 8.98. The van der Waals surface area contributed by atoms with Gasteiger partial charge in [-0.2, -0.15) is 0 Å². The summed E-state index contributed by atoms with van der Waals surface area (Å²) >= 11 is 0. The van der Waals surface area contributed by atoms with Crippen LogP contribution in [0.2, 0.25) is 0 Å². The van der Waals surface area contributed by atoms with Crippen molar-refractivity contribution >= 4 is 11.8 Å². The number of nitrogens with one attached hydrogen (secondary N) is 2. The summed E-state index contributed by atoms with van der Waals surface area (Å²) in [5, 5.41) is 14.9. The van der Waals surface area contributed by atoms with E-state index in [1.807, 2.05) is 20.8 Å². The Morgan fingerprint density at radius 2 is 1.61 bits per heavy atom. The van der Waals surface area contributed by atoms with Crippen LogP contribution in [0, 0.1) is 5.41 Å². The molecule has 0 aliphatic heterocycles. The number of hydrogen-bond donors (Lipinski definition) is 3. The van der Waals surface area contributed by atoms with Crippen molar-refractivity contribution in [1.82, 2.24) is 10.6 Å². The fourth-order valence-corrected chi connectivity index (χ4v) is 1.12. The molecule has 0 bridgehead atoms. The summed E-state index contributed by atoms with van der Waals surface area (Å²) in [6, 6.07) is 0. The average Bonchev–Trinajstić information content (AvgIpc) is 2.18. The molecule has 5 heteroatoms. The van der Waals surface area contributed by atoms with Gasteiger partial charge in [0.2, 0.25) is 11.8 Å². The highest BCUT2D eigenvalue weighted by atomic mass is 16.3. The molecule has 3 N–H and O–H groups in total. The molecule has 0 aromatic carbocycles. The standard InChI is InChI=1S/C13H26N2O3/c1-12(2,3)11(17)14-8-6-7-10(16)15-9-13(4,5)18/h18H,6-9H2,1-5H3,(H,14,17)(H,15,16). The lowest BCUT2D eigenvalue weighted by Crippen LogP contribution is -2.39. The van der Waals surface area contributed by atoms with Crippen molar-refractivity contribution in [3.8, 4) is 0 Å². The van der Waals surface area contributed by atoms with E-state index in [0.717, 1.165) is 0 Å². The second kappa shape index (κ2) is 6.73. The molecule has 0 aliphatic rings. The lowest BCUT2D eigenvalue weighted by Gasteiger charge is -2.18. The van der Waals surface area contributed by atoms with Gasteiger partial charge in [-0.15, -0.1) is 0 Å². The summed E-state index contributed by atoms with van der Waals surface area (Å²) in [5.41, 5.74) is -1.29. The third-order valence-corrected chi connectivity index (χ3v) is 2.27. The fraction of sp³-hybridized carbons (Fsp3) is 0.846. The van der Waals surface area contributed by atoms with E-state index in [0.29, 0.717) is 19.4 Å². The lowest BCUT2D eigenvalue weighted by atomic mass is 9.96. The van der Waals surface area contributed by atoms with Crippen LogP contribution in [0.5, 0.6) is 0 Å². The summed E-state index contributed by atoms with van der Waals surface area (Å²) in [7, 11) is 0. The monoisotopic (exact) mass is 258 g/mol. The van der Waals surface area contributed by atoms with Gasteiger partial charge in [-0.25, -0.2) is 0 Å². The molecule has 0 heterocycles. The number of hydrogen-bond acceptors (Lipinski definition) is 3. The van der Waals surface area contributed by atoms with Gasteiger partial charge >= 0.3 is 0 Å². The zero-order valence-electron chi connectivity index (χ0n) is 12.1. The van der Waals surface area contributed by atoms with Gasteiger partial charge in [-0.3, -0.25) is 9.59 Å². The van der Waals surface area contributed by atoms with Crippen molar-refractivity contribution in [3.63, 3.8) is 0 Å². The summed E-state index contributed by atoms with van der Waals surface area (Å²) in [5.74, 6) is -0.124. The van der Waals surface area contributed by atoms with E-state index in [4.69, 9.17) is 0 Å². The van der Waals surface area contributed by atoms with Crippen molar-refractivity contribution in [2.75, 3.05) is 13.1 Å². The molecule has 0 rings (SSSR count). The summed E-state index contributed by atoms with van der Waals surface area (Å²) in [6.07, 6.45) is 0.944. The van der Waals surface area contributed by atoms with Crippen LogP contribution in [0.25, 0.3) is 0 Å². The predicted octanol–water partition coefficient (Wildman–Crippen LogP) is 0.816. The first-order valence-corrected chi connectivity index (χ1v) is 6.30. The maximum absolute atomic E-state index is 11.5. The molecule has 5 nitrogen and oxygen atoms in total. The van der Waals surface area contributed by atoms with Crippen molar-refractivity contribution in [1.29, 1.82) is 0 Å². The lowest BCUT2D eigenvalue weighted by molar-refractivity contribution is -0.128. The molecule has 106 valence electrons. The van der Waals surface area contributed by atoms with Crippen LogP contribution in [0.1, 0.15) is 47.5 Å². The fourth-order valence-electron chi connectivity index (χ4n) is 1.12. The van der Waals surface area contributed by atoms with E-state index >= 15 is 0 Å². The van der Waals surface area contributed by atoms with Gasteiger partial charge in [0.25, 0.3) is 0 Å². The van der Waals surface area contributed by atoms with Gasteiger partial charge < -0.3 is 15.7 Å². The van der Waals surface area contributed by atoms with E-state index in [2.05, 4.69) is 10.6 Å². The normalized spacial score (nSPS) is 12.1. The summed E-state index contributed by atoms with van der Waals surface area (Å²) in [4.78, 5) is 22.9. The Labute approximate surface area is 109 Å². The van der Waals surface area contributed by atoms with E-state index in [9.17, 15) is 14.7 Å². The van der Waals surface area contributed by atoms with Crippen molar-refractivity contribution in [2.45, 2.75) is 53.1 Å². The van der Waals surface area contributed by atoms with Gasteiger partial charge in [0, 0.05) is 24.9 Å². The molecule has 0 aromatic rings. The summed E-state index contributed by atoms with van der Waals surface area (Å²) in [6.45, 7) is 9.54. The Bertz CT molecular complexity index is 288. The van der Waals surface area contributed by atoms with Crippen LogP contribution in [-0.2, 0) is 9.59 Å². The van der Waals surface area contributed by atoms with E-state index < -0.39 is 11.0 Å². The predicted molar refractivity (Wildman–Crippen MR) is 71.0 cm³/mol. The van der Waals surface area contributed by atoms with Gasteiger partial charge in [0.15, 0.2) is 0 Å². The molecule has 0 saturated carbocycles. The minimum Gasteiger partial charge on any atom is -0.389 e. The Hall–Kier alpha value is -1.10. The Morgan fingerprint density at radius 3 is 2.06 bits per heavy atom. The molecular weight excluding hydrogens is 232 g/mol. The second-order valence-corrected chi connectivity index (χ2v) is 6.20. The molecule has 2 amide bonds. The first kappa shape index (κ1) is 16.9. The third-order valence-electron chi connectivity index (χ3n) is 2.27. The molecular formula is C13H26N2O3. The molecule has 0 fully saturated rings. The average molecular weight is 258 g/mol. The maximum Gasteiger partial charge on any atom is 0.225 e. The van der Waals surface area contributed by atoms with Crippen molar-refractivity contribution < 1.29 is 14.7 Å². The molecule has 0 aliphatic carbocycles. The van der Waals surface area contributed by atoms with Crippen molar-refractivity contribution in [3.05, 3.63) is 0 Å². The first-order chi connectivity index (χ1) is 8.02. The van der Waals surface area contributed by atoms with E-state index in [-0.39, 0.29) is 18.4 Å². The summed E-state index contributed by atoms with van der Waals surface area (Å²) < 4.78 is 0. The molecule has 0 saturated heterocycles. The topological polar surface area (TPSA) is 78.4 Å². The van der Waals surface area contributed by atoms with Gasteiger partial charge in [0.05, 0.1) is 5.60 Å². The zero-order chi connectivity index (χ0) is 14.4. The first-order valence-electron chi connectivity index (χ1n) is 6.30. The van der Waals surface area contributed by atoms with Crippen molar-refractivity contribution in [2.24, 2.45) is 5.41 Å². The highest BCUT2D eigenvalue weighted by molar-refractivity contribution is 5.81. The molecule has 0 aromatic heterocycles. The van der Waals surface area contributed by atoms with Gasteiger partial charge in [-0.1, -0.05) is 20.8 Å². The SMILES string of the molecule is CC(C)(O)CNC(=O)CCCNC(=O)C(C)(C)C. The van der Waals surface area contributed by atoms with Gasteiger partial charge in [-0.05, 0) is 20.3 Å². The van der Waals surface area contributed by atoms with Crippen LogP contribution in [0.4, 0.5) is 0 Å². The smallest absolute Gasteiger partial charge is 0.225 e. The number of amides is 2. The molecule has 18 heavy (non-hydrogen) atoms. The number of aliphatic hydroxyl groups is 1. The van der Waals surface area contributed by atoms with Crippen LogP contribution in [0.15, 0.2) is 0 Å². The Balaban J connectivity index is 3.68. The van der Waals surface area contributed by atoms with Gasteiger partial charge in [0.1, 0.15) is 0 Å². The van der Waals surface area contributed by atoms with Crippen LogP contribution < -0.4 is 10.6 Å². The maximum atomic E-state index is 11.5. The Morgan fingerprint density at radius 1 is 1.06 bits per heavy atom. The second-order valence-electron chi connectivity index (χ2n) is 6.20. The van der Waals surface area contributed by atoms with E-state index in [1.54, 1.807) is 13.8 Å². The van der Waals surface area contributed by atoms with Crippen LogP contribution >= 0.6 is 0 Å². The molecule has 0 unspecified atom stereocenters. The zero-order valence-corrected chi connectivity index (χ0v) is 12.1. The molecule has 0 radical (unpaired) electrons. The minimum atomic E-state index is -0.893. The minimum absolute atomic E-state index is 0.0144. The van der Waals surface area contributed by atoms with E-state index in [1.165, 1.54) is 0 Å². The Kier molecular flexibility index (Phi) is 6.32. The molecule has 0 spiro atoms. The number of carbonyl (C=O) groups is 2. The largest absolute Gasteiger partial charge is 0.389 e. The quantitative estimate of drug-likeness (QED) is 0.617. The number of rotatable bonds is 6. The van der Waals surface area contributed by atoms with Crippen LogP contribution in [0.3, 0.4) is 0 Å². The van der Waals surface area contributed by atoms with Crippen LogP contribution in [-0.4, -0.2) is 35.6 Å². The molecule has 0 atom stereocenters.